The Balaban J connectivity index is 1.67. The molecule has 0 amide bonds. The molecular weight excluding hydrogens is 285 g/mol. The van der Waals surface area contributed by atoms with Crippen molar-refractivity contribution in [3.8, 4) is 10.4 Å². The molecule has 2 nitrogen and oxygen atoms in total. The van der Waals surface area contributed by atoms with Gasteiger partial charge in [-0.3, -0.25) is 0 Å². The van der Waals surface area contributed by atoms with Crippen LogP contribution in [0.4, 0.5) is 4.39 Å². The second-order valence-electron chi connectivity index (χ2n) is 5.51. The van der Waals surface area contributed by atoms with Crippen LogP contribution in [0, 0.1) is 5.82 Å². The van der Waals surface area contributed by atoms with Gasteiger partial charge in [0.25, 0.3) is 0 Å². The summed E-state index contributed by atoms with van der Waals surface area (Å²) in [5.41, 5.74) is 1.79. The first-order chi connectivity index (χ1) is 10.2. The van der Waals surface area contributed by atoms with Crippen LogP contribution >= 0.6 is 11.3 Å². The van der Waals surface area contributed by atoms with Crippen molar-refractivity contribution < 1.29 is 9.13 Å². The molecule has 1 aliphatic rings. The van der Waals surface area contributed by atoms with Crippen LogP contribution in [0.3, 0.4) is 0 Å². The van der Waals surface area contributed by atoms with Gasteiger partial charge < -0.3 is 10.1 Å². The van der Waals surface area contributed by atoms with E-state index in [1.165, 1.54) is 0 Å². The number of rotatable bonds is 5. The van der Waals surface area contributed by atoms with Crippen LogP contribution in [0.2, 0.25) is 0 Å². The Bertz CT molecular complexity index is 578. The minimum atomic E-state index is -0.159. The fraction of sp³-hybridized carbons (Fsp3) is 0.412. The average molecular weight is 305 g/mol. The van der Waals surface area contributed by atoms with Crippen molar-refractivity contribution in [2.45, 2.75) is 38.5 Å². The lowest BCUT2D eigenvalue weighted by molar-refractivity contribution is 0.0832. The topological polar surface area (TPSA) is 21.3 Å². The number of nitrogens with one attached hydrogen (secondary N) is 1. The summed E-state index contributed by atoms with van der Waals surface area (Å²) in [7, 11) is 0. The maximum Gasteiger partial charge on any atom is 0.131 e. The summed E-state index contributed by atoms with van der Waals surface area (Å²) in [6.45, 7) is 3.76. The monoisotopic (exact) mass is 305 g/mol. The summed E-state index contributed by atoms with van der Waals surface area (Å²) < 4.78 is 19.6. The summed E-state index contributed by atoms with van der Waals surface area (Å²) >= 11 is 1.56. The lowest BCUT2D eigenvalue weighted by Crippen LogP contribution is -2.36. The van der Waals surface area contributed by atoms with Crippen molar-refractivity contribution in [2.75, 3.05) is 6.61 Å². The summed E-state index contributed by atoms with van der Waals surface area (Å²) in [6.07, 6.45) is 2.58. The maximum absolute atomic E-state index is 13.9. The van der Waals surface area contributed by atoms with E-state index in [2.05, 4.69) is 12.2 Å². The van der Waals surface area contributed by atoms with Crippen molar-refractivity contribution in [2.24, 2.45) is 0 Å². The number of benzene rings is 1. The predicted octanol–water partition coefficient (Wildman–Crippen LogP) is 4.21. The fourth-order valence-electron chi connectivity index (χ4n) is 2.71. The standard InChI is InChI=1S/C17H20FNOS/c1-12(16-4-2-8-20-16)19-11-13-6-7-15(18)14(10-13)17-5-3-9-21-17/h3,5-7,9-10,12,16,19H,2,4,8,11H2,1H3. The van der Waals surface area contributed by atoms with Gasteiger partial charge in [-0.1, -0.05) is 12.1 Å². The minimum absolute atomic E-state index is 0.159. The molecule has 0 spiro atoms. The van der Waals surface area contributed by atoms with Gasteiger partial charge in [-0.2, -0.15) is 0 Å². The van der Waals surface area contributed by atoms with E-state index in [4.69, 9.17) is 4.74 Å². The van der Waals surface area contributed by atoms with Crippen molar-refractivity contribution in [1.82, 2.24) is 5.32 Å². The van der Waals surface area contributed by atoms with Crippen molar-refractivity contribution >= 4 is 11.3 Å². The molecule has 4 heteroatoms. The van der Waals surface area contributed by atoms with Gasteiger partial charge in [0.15, 0.2) is 0 Å². The van der Waals surface area contributed by atoms with Gasteiger partial charge in [0, 0.05) is 29.6 Å². The Kier molecular flexibility index (Phi) is 4.68. The summed E-state index contributed by atoms with van der Waals surface area (Å²) in [4.78, 5) is 0.974. The Morgan fingerprint density at radius 2 is 2.33 bits per heavy atom. The third-order valence-corrected chi connectivity index (χ3v) is 4.87. The molecule has 3 rings (SSSR count). The molecule has 0 radical (unpaired) electrons. The molecule has 1 aliphatic heterocycles. The summed E-state index contributed by atoms with van der Waals surface area (Å²) in [5.74, 6) is -0.159. The fourth-order valence-corrected chi connectivity index (χ4v) is 3.45. The van der Waals surface area contributed by atoms with Crippen LogP contribution < -0.4 is 5.32 Å². The third kappa shape index (κ3) is 3.51. The SMILES string of the molecule is CC(NCc1ccc(F)c(-c2cccs2)c1)C1CCCO1. The van der Waals surface area contributed by atoms with Gasteiger partial charge >= 0.3 is 0 Å². The van der Waals surface area contributed by atoms with E-state index in [-0.39, 0.29) is 5.82 Å². The van der Waals surface area contributed by atoms with Gasteiger partial charge in [0.1, 0.15) is 5.82 Å². The minimum Gasteiger partial charge on any atom is -0.377 e. The van der Waals surface area contributed by atoms with Crippen LogP contribution in [-0.2, 0) is 11.3 Å². The Hall–Kier alpha value is -1.23. The normalized spacial score (nSPS) is 19.8. The van der Waals surface area contributed by atoms with Crippen LogP contribution in [0.15, 0.2) is 35.7 Å². The van der Waals surface area contributed by atoms with Crippen molar-refractivity contribution in [3.05, 3.63) is 47.1 Å². The molecule has 2 heterocycles. The number of hydrogen-bond donors (Lipinski definition) is 1. The van der Waals surface area contributed by atoms with E-state index in [1.807, 2.05) is 29.6 Å². The predicted molar refractivity (Wildman–Crippen MR) is 85.0 cm³/mol. The zero-order valence-corrected chi connectivity index (χ0v) is 13.0. The highest BCUT2D eigenvalue weighted by molar-refractivity contribution is 7.13. The highest BCUT2D eigenvalue weighted by Gasteiger charge is 2.21. The summed E-state index contributed by atoms with van der Waals surface area (Å²) in [5, 5.41) is 5.46. The third-order valence-electron chi connectivity index (χ3n) is 3.97. The molecule has 1 fully saturated rings. The Morgan fingerprint density at radius 1 is 1.43 bits per heavy atom. The number of thiophene rings is 1. The molecule has 2 atom stereocenters. The molecule has 2 aromatic rings. The smallest absolute Gasteiger partial charge is 0.131 e. The molecule has 1 aromatic carbocycles. The largest absolute Gasteiger partial charge is 0.377 e. The molecule has 0 aliphatic carbocycles. The van der Waals surface area contributed by atoms with Gasteiger partial charge in [-0.15, -0.1) is 11.3 Å². The van der Waals surface area contributed by atoms with Crippen LogP contribution in [0.1, 0.15) is 25.3 Å². The Labute approximate surface area is 129 Å². The lowest BCUT2D eigenvalue weighted by Gasteiger charge is -2.20. The van der Waals surface area contributed by atoms with Crippen molar-refractivity contribution in [3.63, 3.8) is 0 Å². The van der Waals surface area contributed by atoms with Crippen LogP contribution in [-0.4, -0.2) is 18.8 Å². The summed E-state index contributed by atoms with van der Waals surface area (Å²) in [6, 6.07) is 9.57. The first-order valence-electron chi connectivity index (χ1n) is 7.41. The van der Waals surface area contributed by atoms with Crippen LogP contribution in [0.25, 0.3) is 10.4 Å². The van der Waals surface area contributed by atoms with E-state index < -0.39 is 0 Å². The molecule has 0 bridgehead atoms. The van der Waals surface area contributed by atoms with E-state index in [1.54, 1.807) is 17.4 Å². The van der Waals surface area contributed by atoms with Gasteiger partial charge in [0.05, 0.1) is 6.10 Å². The number of hydrogen-bond acceptors (Lipinski definition) is 3. The van der Waals surface area contributed by atoms with E-state index in [0.717, 1.165) is 36.4 Å². The van der Waals surface area contributed by atoms with Gasteiger partial charge in [-0.25, -0.2) is 4.39 Å². The molecule has 112 valence electrons. The first kappa shape index (κ1) is 14.7. The number of halogens is 1. The number of ether oxygens (including phenoxy) is 1. The second kappa shape index (κ2) is 6.69. The lowest BCUT2D eigenvalue weighted by atomic mass is 10.1. The van der Waals surface area contributed by atoms with Crippen molar-refractivity contribution in [1.29, 1.82) is 0 Å². The maximum atomic E-state index is 13.9. The average Bonchev–Trinajstić information content (AvgIpc) is 3.19. The molecular formula is C17H20FNOS. The molecule has 1 saturated heterocycles. The Morgan fingerprint density at radius 3 is 3.05 bits per heavy atom. The first-order valence-corrected chi connectivity index (χ1v) is 8.29. The highest BCUT2D eigenvalue weighted by Crippen LogP contribution is 2.28. The molecule has 0 saturated carbocycles. The zero-order valence-electron chi connectivity index (χ0n) is 12.1. The van der Waals surface area contributed by atoms with E-state index in [0.29, 0.717) is 17.7 Å². The van der Waals surface area contributed by atoms with Gasteiger partial charge in [-0.05, 0) is 48.9 Å². The highest BCUT2D eigenvalue weighted by atomic mass is 32.1. The van der Waals surface area contributed by atoms with E-state index in [9.17, 15) is 4.39 Å². The zero-order chi connectivity index (χ0) is 14.7. The molecule has 21 heavy (non-hydrogen) atoms. The van der Waals surface area contributed by atoms with E-state index >= 15 is 0 Å². The van der Waals surface area contributed by atoms with Gasteiger partial charge in [0.2, 0.25) is 0 Å². The quantitative estimate of drug-likeness (QED) is 0.893. The second-order valence-corrected chi connectivity index (χ2v) is 6.46. The van der Waals surface area contributed by atoms with Crippen LogP contribution in [0.5, 0.6) is 0 Å². The molecule has 1 N–H and O–H groups in total. The molecule has 1 aromatic heterocycles. The molecule has 2 unspecified atom stereocenters.